The van der Waals surface area contributed by atoms with Crippen molar-refractivity contribution in [3.8, 4) is 11.5 Å². The molecule has 4 rings (SSSR count). The van der Waals surface area contributed by atoms with E-state index in [1.807, 2.05) is 48.5 Å². The van der Waals surface area contributed by atoms with Gasteiger partial charge < -0.3 is 24.6 Å². The number of benzene rings is 2. The second-order valence-corrected chi connectivity index (χ2v) is 8.64. The third-order valence-corrected chi connectivity index (χ3v) is 6.18. The molecule has 0 aliphatic carbocycles. The minimum absolute atomic E-state index is 0.169. The SMILES string of the molecule is COc1cc(CCc2cc(NC(=O)c3ccc(N4CCCN(C)CC4)cc3)n[nH]2)cc(OC)c1. The summed E-state index contributed by atoms with van der Waals surface area (Å²) >= 11 is 0. The standard InChI is InChI=1S/C26H33N5O3/c1-30-11-4-12-31(14-13-30)22-9-6-20(7-10-22)26(32)27-25-17-21(28-29-25)8-5-19-15-23(33-2)18-24(16-19)34-3/h6-7,9-10,15-18H,4-5,8,11-14H2,1-3H3,(H2,27,28,29,32). The van der Waals surface area contributed by atoms with Gasteiger partial charge in [0.25, 0.3) is 5.91 Å². The van der Waals surface area contributed by atoms with Crippen molar-refractivity contribution in [3.63, 3.8) is 0 Å². The van der Waals surface area contributed by atoms with Crippen LogP contribution < -0.4 is 19.7 Å². The maximum absolute atomic E-state index is 12.7. The maximum Gasteiger partial charge on any atom is 0.256 e. The number of carbonyl (C=O) groups is 1. The van der Waals surface area contributed by atoms with E-state index in [0.29, 0.717) is 11.4 Å². The van der Waals surface area contributed by atoms with E-state index in [2.05, 4.69) is 32.4 Å². The van der Waals surface area contributed by atoms with Gasteiger partial charge in [-0.15, -0.1) is 0 Å². The molecular weight excluding hydrogens is 430 g/mol. The number of ether oxygens (including phenoxy) is 2. The van der Waals surface area contributed by atoms with Gasteiger partial charge in [0, 0.05) is 48.7 Å². The lowest BCUT2D eigenvalue weighted by Gasteiger charge is -2.22. The quantitative estimate of drug-likeness (QED) is 0.531. The second kappa shape index (κ2) is 11.1. The van der Waals surface area contributed by atoms with E-state index in [4.69, 9.17) is 9.47 Å². The molecule has 0 bridgehead atoms. The number of aromatic amines is 1. The van der Waals surface area contributed by atoms with Crippen LogP contribution in [-0.4, -0.2) is 68.5 Å². The molecule has 0 atom stereocenters. The number of aryl methyl sites for hydroxylation is 2. The Balaban J connectivity index is 1.32. The van der Waals surface area contributed by atoms with E-state index in [1.165, 1.54) is 0 Å². The molecule has 0 radical (unpaired) electrons. The average molecular weight is 464 g/mol. The van der Waals surface area contributed by atoms with Crippen LogP contribution in [0.2, 0.25) is 0 Å². The summed E-state index contributed by atoms with van der Waals surface area (Å²) in [6.07, 6.45) is 2.68. The van der Waals surface area contributed by atoms with E-state index >= 15 is 0 Å². The summed E-state index contributed by atoms with van der Waals surface area (Å²) in [5, 5.41) is 10.2. The first-order chi connectivity index (χ1) is 16.5. The first-order valence-corrected chi connectivity index (χ1v) is 11.6. The Bertz CT molecular complexity index is 1070. The van der Waals surface area contributed by atoms with Crippen LogP contribution in [0.15, 0.2) is 48.5 Å². The number of methoxy groups -OCH3 is 2. The summed E-state index contributed by atoms with van der Waals surface area (Å²) in [4.78, 5) is 17.4. The molecule has 1 aliphatic heterocycles. The van der Waals surface area contributed by atoms with Crippen LogP contribution in [0.4, 0.5) is 11.5 Å². The average Bonchev–Trinajstić information content (AvgIpc) is 3.20. The Kier molecular flexibility index (Phi) is 7.69. The Labute approximate surface area is 200 Å². The fraction of sp³-hybridized carbons (Fsp3) is 0.385. The van der Waals surface area contributed by atoms with Crippen LogP contribution in [0.3, 0.4) is 0 Å². The number of amides is 1. The number of hydrogen-bond donors (Lipinski definition) is 2. The molecule has 1 fully saturated rings. The second-order valence-electron chi connectivity index (χ2n) is 8.64. The van der Waals surface area contributed by atoms with Gasteiger partial charge in [-0.25, -0.2) is 0 Å². The van der Waals surface area contributed by atoms with Crippen LogP contribution >= 0.6 is 0 Å². The minimum atomic E-state index is -0.169. The molecule has 1 amide bonds. The number of H-pyrrole nitrogens is 1. The summed E-state index contributed by atoms with van der Waals surface area (Å²) in [6, 6.07) is 15.5. The van der Waals surface area contributed by atoms with Crippen molar-refractivity contribution in [1.82, 2.24) is 15.1 Å². The Morgan fingerprint density at radius 3 is 2.41 bits per heavy atom. The zero-order valence-electron chi connectivity index (χ0n) is 20.1. The van der Waals surface area contributed by atoms with Gasteiger partial charge in [0.1, 0.15) is 11.5 Å². The lowest BCUT2D eigenvalue weighted by atomic mass is 10.1. The van der Waals surface area contributed by atoms with E-state index in [-0.39, 0.29) is 5.91 Å². The number of anilines is 2. The summed E-state index contributed by atoms with van der Waals surface area (Å²) in [7, 11) is 5.45. The van der Waals surface area contributed by atoms with Crippen LogP contribution in [-0.2, 0) is 12.8 Å². The molecule has 1 aromatic heterocycles. The highest BCUT2D eigenvalue weighted by molar-refractivity contribution is 6.03. The molecule has 0 unspecified atom stereocenters. The number of likely N-dealkylation sites (N-methyl/N-ethyl adjacent to an activating group) is 1. The number of nitrogens with zero attached hydrogens (tertiary/aromatic N) is 3. The van der Waals surface area contributed by atoms with E-state index in [9.17, 15) is 4.79 Å². The number of carbonyl (C=O) groups excluding carboxylic acids is 1. The smallest absolute Gasteiger partial charge is 0.256 e. The van der Waals surface area contributed by atoms with Crippen molar-refractivity contribution in [3.05, 3.63) is 65.4 Å². The zero-order valence-corrected chi connectivity index (χ0v) is 20.1. The highest BCUT2D eigenvalue weighted by Crippen LogP contribution is 2.24. The summed E-state index contributed by atoms with van der Waals surface area (Å²) < 4.78 is 10.7. The van der Waals surface area contributed by atoms with Gasteiger partial charge in [0.2, 0.25) is 0 Å². The van der Waals surface area contributed by atoms with Crippen molar-refractivity contribution < 1.29 is 14.3 Å². The summed E-state index contributed by atoms with van der Waals surface area (Å²) in [5.41, 5.74) is 3.82. The predicted octanol–water partition coefficient (Wildman–Crippen LogP) is 3.61. The molecular formula is C26H33N5O3. The van der Waals surface area contributed by atoms with Gasteiger partial charge in [0.15, 0.2) is 5.82 Å². The van der Waals surface area contributed by atoms with Crippen LogP contribution in [0.25, 0.3) is 0 Å². The molecule has 2 N–H and O–H groups in total. The van der Waals surface area contributed by atoms with Crippen LogP contribution in [0.1, 0.15) is 28.0 Å². The summed E-state index contributed by atoms with van der Waals surface area (Å²) in [6.45, 7) is 4.21. The van der Waals surface area contributed by atoms with Gasteiger partial charge in [-0.2, -0.15) is 5.10 Å². The largest absolute Gasteiger partial charge is 0.497 e. The molecule has 1 saturated heterocycles. The number of rotatable bonds is 8. The minimum Gasteiger partial charge on any atom is -0.497 e. The van der Waals surface area contributed by atoms with Crippen molar-refractivity contribution in [1.29, 1.82) is 0 Å². The monoisotopic (exact) mass is 463 g/mol. The topological polar surface area (TPSA) is 82.7 Å². The fourth-order valence-corrected chi connectivity index (χ4v) is 4.16. The first kappa shape index (κ1) is 23.6. The van der Waals surface area contributed by atoms with Gasteiger partial charge in [-0.3, -0.25) is 9.89 Å². The molecule has 3 aromatic rings. The highest BCUT2D eigenvalue weighted by atomic mass is 16.5. The summed E-state index contributed by atoms with van der Waals surface area (Å²) in [5.74, 6) is 1.88. The number of hydrogen-bond acceptors (Lipinski definition) is 6. The van der Waals surface area contributed by atoms with Crippen LogP contribution in [0.5, 0.6) is 11.5 Å². The van der Waals surface area contributed by atoms with Crippen LogP contribution in [0, 0.1) is 0 Å². The lowest BCUT2D eigenvalue weighted by Crippen LogP contribution is -2.28. The molecule has 34 heavy (non-hydrogen) atoms. The van der Waals surface area contributed by atoms with Crippen molar-refractivity contribution in [2.45, 2.75) is 19.3 Å². The van der Waals surface area contributed by atoms with Gasteiger partial charge in [-0.05, 0) is 74.8 Å². The molecule has 2 heterocycles. The van der Waals surface area contributed by atoms with Crippen molar-refractivity contribution in [2.24, 2.45) is 0 Å². The van der Waals surface area contributed by atoms with E-state index in [1.54, 1.807) is 14.2 Å². The fourth-order valence-electron chi connectivity index (χ4n) is 4.16. The Morgan fingerprint density at radius 2 is 1.71 bits per heavy atom. The molecule has 0 spiro atoms. The molecule has 2 aromatic carbocycles. The Morgan fingerprint density at radius 1 is 0.971 bits per heavy atom. The van der Waals surface area contributed by atoms with Gasteiger partial charge in [-0.1, -0.05) is 0 Å². The molecule has 8 heteroatoms. The first-order valence-electron chi connectivity index (χ1n) is 11.6. The number of nitrogens with one attached hydrogen (secondary N) is 2. The normalized spacial score (nSPS) is 14.5. The van der Waals surface area contributed by atoms with E-state index in [0.717, 1.165) is 73.9 Å². The predicted molar refractivity (Wildman–Crippen MR) is 134 cm³/mol. The maximum atomic E-state index is 12.7. The molecule has 0 saturated carbocycles. The van der Waals surface area contributed by atoms with Gasteiger partial charge >= 0.3 is 0 Å². The van der Waals surface area contributed by atoms with Gasteiger partial charge in [0.05, 0.1) is 14.2 Å². The lowest BCUT2D eigenvalue weighted by molar-refractivity contribution is 0.102. The Hall–Kier alpha value is -3.52. The molecule has 180 valence electrons. The molecule has 8 nitrogen and oxygen atoms in total. The number of aromatic nitrogens is 2. The zero-order chi connectivity index (χ0) is 23.9. The highest BCUT2D eigenvalue weighted by Gasteiger charge is 2.14. The third-order valence-electron chi connectivity index (χ3n) is 6.18. The van der Waals surface area contributed by atoms with Crippen molar-refractivity contribution >= 4 is 17.4 Å². The van der Waals surface area contributed by atoms with Crippen molar-refractivity contribution in [2.75, 3.05) is 57.7 Å². The third kappa shape index (κ3) is 6.08. The molecule has 1 aliphatic rings. The van der Waals surface area contributed by atoms with E-state index < -0.39 is 0 Å².